The number of halogens is 3. The molecule has 0 spiro atoms. The van der Waals surface area contributed by atoms with E-state index in [-0.39, 0.29) is 0 Å². The molecule has 0 aliphatic carbocycles. The van der Waals surface area contributed by atoms with Crippen LogP contribution in [0.4, 0.5) is 13.2 Å². The van der Waals surface area contributed by atoms with Crippen LogP contribution in [0.5, 0.6) is 0 Å². The third-order valence-electron chi connectivity index (χ3n) is 2.50. The average molecular weight is 279 g/mol. The van der Waals surface area contributed by atoms with Gasteiger partial charge < -0.3 is 16.3 Å². The summed E-state index contributed by atoms with van der Waals surface area (Å²) in [5, 5.41) is 17.3. The number of oxime groups is 1. The Morgan fingerprint density at radius 2 is 2.32 bits per heavy atom. The predicted octanol–water partition coefficient (Wildman–Crippen LogP) is 0.706. The summed E-state index contributed by atoms with van der Waals surface area (Å²) in [7, 11) is 0. The van der Waals surface area contributed by atoms with Crippen LogP contribution in [0, 0.1) is 12.8 Å². The largest absolute Gasteiger partial charge is 0.409 e. The quantitative estimate of drug-likeness (QED) is 0.235. The Labute approximate surface area is 108 Å². The highest BCUT2D eigenvalue weighted by Crippen LogP contribution is 2.25. The van der Waals surface area contributed by atoms with Gasteiger partial charge in [-0.25, -0.2) is 0 Å². The summed E-state index contributed by atoms with van der Waals surface area (Å²) < 4.78 is 39.4. The second-order valence-electron chi connectivity index (χ2n) is 4.10. The summed E-state index contributed by atoms with van der Waals surface area (Å²) >= 11 is 0. The summed E-state index contributed by atoms with van der Waals surface area (Å²) in [6, 6.07) is 0. The zero-order valence-corrected chi connectivity index (χ0v) is 10.4. The Morgan fingerprint density at radius 3 is 2.79 bits per heavy atom. The molecule has 1 aromatic rings. The van der Waals surface area contributed by atoms with E-state index >= 15 is 0 Å². The van der Waals surface area contributed by atoms with Crippen LogP contribution in [0.3, 0.4) is 0 Å². The normalized spacial score (nSPS) is 14.6. The van der Waals surface area contributed by atoms with Crippen LogP contribution in [-0.2, 0) is 6.54 Å². The highest BCUT2D eigenvalue weighted by molar-refractivity contribution is 5.83. The first-order valence-corrected chi connectivity index (χ1v) is 5.58. The fourth-order valence-electron chi connectivity index (χ4n) is 1.49. The predicted molar refractivity (Wildman–Crippen MR) is 62.8 cm³/mol. The minimum atomic E-state index is -4.55. The molecule has 1 aromatic heterocycles. The van der Waals surface area contributed by atoms with Crippen LogP contribution in [0.15, 0.2) is 17.5 Å². The van der Waals surface area contributed by atoms with Gasteiger partial charge in [0.1, 0.15) is 5.92 Å². The number of nitrogens with one attached hydrogen (secondary N) is 1. The zero-order valence-electron chi connectivity index (χ0n) is 10.4. The number of amidine groups is 1. The maximum atomic E-state index is 12.6. The minimum absolute atomic E-state index is 0.298. The lowest BCUT2D eigenvalue weighted by atomic mass is 10.1. The number of hydrogen-bond donors (Lipinski definition) is 3. The van der Waals surface area contributed by atoms with Crippen LogP contribution in [0.1, 0.15) is 5.56 Å². The van der Waals surface area contributed by atoms with Gasteiger partial charge in [-0.15, -0.1) is 0 Å². The first-order valence-electron chi connectivity index (χ1n) is 5.58. The Hall–Kier alpha value is -1.77. The first-order chi connectivity index (χ1) is 8.84. The molecule has 19 heavy (non-hydrogen) atoms. The fraction of sp³-hybridized carbons (Fsp3) is 0.600. The maximum absolute atomic E-state index is 12.6. The van der Waals surface area contributed by atoms with Crippen molar-refractivity contribution in [2.45, 2.75) is 19.6 Å². The third-order valence-corrected chi connectivity index (χ3v) is 2.50. The van der Waals surface area contributed by atoms with E-state index in [0.29, 0.717) is 13.1 Å². The molecule has 0 saturated heterocycles. The number of alkyl halides is 3. The molecule has 0 amide bonds. The summed E-state index contributed by atoms with van der Waals surface area (Å²) in [6.07, 6.45) is -1.10. The lowest BCUT2D eigenvalue weighted by Gasteiger charge is -2.19. The van der Waals surface area contributed by atoms with Crippen molar-refractivity contribution in [3.8, 4) is 0 Å². The molecule has 0 bridgehead atoms. The molecule has 1 heterocycles. The van der Waals surface area contributed by atoms with E-state index in [9.17, 15) is 13.2 Å². The smallest absolute Gasteiger partial charge is 0.400 e. The monoisotopic (exact) mass is 279 g/mol. The molecule has 0 aromatic carbocycles. The highest BCUT2D eigenvalue weighted by Gasteiger charge is 2.42. The van der Waals surface area contributed by atoms with Gasteiger partial charge in [-0.2, -0.15) is 18.3 Å². The zero-order chi connectivity index (χ0) is 14.5. The van der Waals surface area contributed by atoms with Crippen molar-refractivity contribution >= 4 is 5.84 Å². The molecule has 0 fully saturated rings. The average Bonchev–Trinajstić information content (AvgIpc) is 2.72. The highest BCUT2D eigenvalue weighted by atomic mass is 19.4. The van der Waals surface area contributed by atoms with Gasteiger partial charge >= 0.3 is 6.18 Å². The number of hydrogen-bond acceptors (Lipinski definition) is 4. The van der Waals surface area contributed by atoms with E-state index in [4.69, 9.17) is 10.9 Å². The van der Waals surface area contributed by atoms with Gasteiger partial charge in [-0.1, -0.05) is 5.16 Å². The van der Waals surface area contributed by atoms with Gasteiger partial charge in [0.25, 0.3) is 0 Å². The van der Waals surface area contributed by atoms with E-state index in [1.165, 1.54) is 0 Å². The molecule has 1 atom stereocenters. The molecule has 0 aliphatic heterocycles. The molecule has 0 radical (unpaired) electrons. The maximum Gasteiger partial charge on any atom is 0.400 e. The van der Waals surface area contributed by atoms with Crippen molar-refractivity contribution in [1.29, 1.82) is 0 Å². The van der Waals surface area contributed by atoms with Crippen LogP contribution in [0.25, 0.3) is 0 Å². The fourth-order valence-corrected chi connectivity index (χ4v) is 1.49. The van der Waals surface area contributed by atoms with Crippen LogP contribution in [0.2, 0.25) is 0 Å². The van der Waals surface area contributed by atoms with E-state index in [1.54, 1.807) is 17.1 Å². The number of aryl methyl sites for hydroxylation is 1. The molecule has 1 unspecified atom stereocenters. The van der Waals surface area contributed by atoms with Gasteiger partial charge in [0.05, 0.1) is 12.7 Å². The Bertz CT molecular complexity index is 429. The van der Waals surface area contributed by atoms with Crippen LogP contribution in [-0.4, -0.2) is 40.1 Å². The molecular formula is C10H16F3N5O. The Morgan fingerprint density at radius 1 is 1.63 bits per heavy atom. The van der Waals surface area contributed by atoms with Crippen molar-refractivity contribution in [1.82, 2.24) is 15.1 Å². The minimum Gasteiger partial charge on any atom is -0.409 e. The second kappa shape index (κ2) is 6.41. The van der Waals surface area contributed by atoms with Gasteiger partial charge in [0, 0.05) is 19.3 Å². The van der Waals surface area contributed by atoms with Crippen molar-refractivity contribution in [2.75, 3.05) is 13.1 Å². The SMILES string of the molecule is Cc1cnn(CCNCC(C(N)=NO)C(F)(F)F)c1. The van der Waals surface area contributed by atoms with Gasteiger partial charge in [-0.3, -0.25) is 4.68 Å². The van der Waals surface area contributed by atoms with Crippen molar-refractivity contribution in [2.24, 2.45) is 16.8 Å². The van der Waals surface area contributed by atoms with Crippen LogP contribution < -0.4 is 11.1 Å². The number of nitrogens with zero attached hydrogens (tertiary/aromatic N) is 3. The number of aromatic nitrogens is 2. The van der Waals surface area contributed by atoms with Crippen LogP contribution >= 0.6 is 0 Å². The topological polar surface area (TPSA) is 88.5 Å². The molecular weight excluding hydrogens is 263 g/mol. The van der Waals surface area contributed by atoms with E-state index < -0.39 is 24.5 Å². The molecule has 0 aliphatic rings. The summed E-state index contributed by atoms with van der Waals surface area (Å²) in [6.45, 7) is 2.16. The number of rotatable bonds is 6. The van der Waals surface area contributed by atoms with Crippen molar-refractivity contribution in [3.05, 3.63) is 18.0 Å². The summed E-state index contributed by atoms with van der Waals surface area (Å²) in [5.41, 5.74) is 6.00. The van der Waals surface area contributed by atoms with E-state index in [0.717, 1.165) is 5.56 Å². The third kappa shape index (κ3) is 4.78. The lowest BCUT2D eigenvalue weighted by Crippen LogP contribution is -2.43. The first kappa shape index (κ1) is 15.3. The molecule has 6 nitrogen and oxygen atoms in total. The van der Waals surface area contributed by atoms with E-state index in [1.807, 2.05) is 6.92 Å². The van der Waals surface area contributed by atoms with Gasteiger partial charge in [-0.05, 0) is 12.5 Å². The Balaban J connectivity index is 2.41. The van der Waals surface area contributed by atoms with E-state index in [2.05, 4.69) is 15.6 Å². The lowest BCUT2D eigenvalue weighted by molar-refractivity contribution is -0.154. The molecule has 0 saturated carbocycles. The van der Waals surface area contributed by atoms with Crippen molar-refractivity contribution in [3.63, 3.8) is 0 Å². The Kier molecular flexibility index (Phi) is 5.16. The summed E-state index contributed by atoms with van der Waals surface area (Å²) in [4.78, 5) is 0. The standard InChI is InChI=1S/C10H16F3N5O/c1-7-4-16-18(6-7)3-2-15-5-8(9(14)17-19)10(11,12)13/h4,6,8,15,19H,2-3,5H2,1H3,(H2,14,17). The second-order valence-corrected chi connectivity index (χ2v) is 4.10. The molecule has 9 heteroatoms. The molecule has 1 rings (SSSR count). The van der Waals surface area contributed by atoms with Gasteiger partial charge in [0.2, 0.25) is 0 Å². The van der Waals surface area contributed by atoms with Gasteiger partial charge in [0.15, 0.2) is 5.84 Å². The molecule has 4 N–H and O–H groups in total. The number of nitrogens with two attached hydrogens (primary N) is 1. The molecule has 108 valence electrons. The van der Waals surface area contributed by atoms with Crippen molar-refractivity contribution < 1.29 is 18.4 Å². The summed E-state index contributed by atoms with van der Waals surface area (Å²) in [5.74, 6) is -2.85.